The molecule has 0 aliphatic carbocycles. The smallest absolute Gasteiger partial charge is 0.237 e. The minimum Gasteiger partial charge on any atom is -0.472 e. The number of carbonyl (C=O) groups is 1. The lowest BCUT2D eigenvalue weighted by atomic mass is 10.00. The molecule has 0 radical (unpaired) electrons. The van der Waals surface area contributed by atoms with Crippen LogP contribution in [0.5, 0.6) is 0 Å². The van der Waals surface area contributed by atoms with Crippen molar-refractivity contribution in [3.63, 3.8) is 0 Å². The fourth-order valence-corrected chi connectivity index (χ4v) is 1.75. The Morgan fingerprint density at radius 3 is 2.68 bits per heavy atom. The summed E-state index contributed by atoms with van der Waals surface area (Å²) in [7, 11) is 0. The van der Waals surface area contributed by atoms with Crippen molar-refractivity contribution in [1.29, 1.82) is 5.26 Å². The van der Waals surface area contributed by atoms with Gasteiger partial charge in [0.2, 0.25) is 5.91 Å². The molecule has 19 heavy (non-hydrogen) atoms. The molecule has 1 atom stereocenters. The zero-order valence-corrected chi connectivity index (χ0v) is 10.4. The zero-order valence-electron chi connectivity index (χ0n) is 10.4. The molecule has 1 N–H and O–H groups in total. The number of carbonyl (C=O) groups excluding carboxylic acids is 1. The first kappa shape index (κ1) is 12.9. The molecular weight excluding hydrogens is 240 g/mol. The second-order valence-corrected chi connectivity index (χ2v) is 4.22. The van der Waals surface area contributed by atoms with Gasteiger partial charge in [0.25, 0.3) is 0 Å². The van der Waals surface area contributed by atoms with Crippen LogP contribution in [0.3, 0.4) is 0 Å². The highest BCUT2D eigenvalue weighted by atomic mass is 16.3. The average molecular weight is 254 g/mol. The van der Waals surface area contributed by atoms with Crippen molar-refractivity contribution < 1.29 is 9.21 Å². The maximum atomic E-state index is 11.9. The summed E-state index contributed by atoms with van der Waals surface area (Å²) < 4.78 is 4.91. The van der Waals surface area contributed by atoms with Crippen LogP contribution in [-0.4, -0.2) is 5.91 Å². The van der Waals surface area contributed by atoms with Crippen molar-refractivity contribution in [1.82, 2.24) is 5.32 Å². The van der Waals surface area contributed by atoms with Gasteiger partial charge in [0, 0.05) is 12.1 Å². The maximum absolute atomic E-state index is 11.9. The van der Waals surface area contributed by atoms with Gasteiger partial charge >= 0.3 is 0 Å². The summed E-state index contributed by atoms with van der Waals surface area (Å²) >= 11 is 0. The SMILES string of the molecule is N#CC(Cc1ccccc1)C(=O)NCc1ccoc1. The summed E-state index contributed by atoms with van der Waals surface area (Å²) in [6.45, 7) is 0.377. The van der Waals surface area contributed by atoms with Gasteiger partial charge in [-0.15, -0.1) is 0 Å². The van der Waals surface area contributed by atoms with E-state index in [0.717, 1.165) is 11.1 Å². The van der Waals surface area contributed by atoms with E-state index in [-0.39, 0.29) is 5.91 Å². The van der Waals surface area contributed by atoms with Crippen LogP contribution in [0.15, 0.2) is 53.3 Å². The molecule has 0 aliphatic rings. The number of nitriles is 1. The summed E-state index contributed by atoms with van der Waals surface area (Å²) in [6.07, 6.45) is 3.54. The van der Waals surface area contributed by atoms with E-state index in [0.29, 0.717) is 13.0 Å². The first-order valence-electron chi connectivity index (χ1n) is 6.02. The van der Waals surface area contributed by atoms with E-state index in [1.807, 2.05) is 36.4 Å². The van der Waals surface area contributed by atoms with E-state index in [9.17, 15) is 4.79 Å². The van der Waals surface area contributed by atoms with Crippen LogP contribution < -0.4 is 5.32 Å². The fraction of sp³-hybridized carbons (Fsp3) is 0.200. The van der Waals surface area contributed by atoms with E-state index in [4.69, 9.17) is 9.68 Å². The first-order chi connectivity index (χ1) is 9.29. The van der Waals surface area contributed by atoms with Crippen LogP contribution >= 0.6 is 0 Å². The molecule has 2 aromatic rings. The molecule has 96 valence electrons. The average Bonchev–Trinajstić information content (AvgIpc) is 2.96. The Morgan fingerprint density at radius 2 is 2.05 bits per heavy atom. The van der Waals surface area contributed by atoms with Crippen LogP contribution in [0, 0.1) is 17.2 Å². The van der Waals surface area contributed by atoms with Crippen molar-refractivity contribution in [2.75, 3.05) is 0 Å². The van der Waals surface area contributed by atoms with Gasteiger partial charge < -0.3 is 9.73 Å². The molecule has 0 fully saturated rings. The summed E-state index contributed by atoms with van der Waals surface area (Å²) in [5, 5.41) is 11.8. The van der Waals surface area contributed by atoms with Gasteiger partial charge in [0.1, 0.15) is 5.92 Å². The van der Waals surface area contributed by atoms with Crippen LogP contribution in [0.1, 0.15) is 11.1 Å². The molecule has 4 heteroatoms. The Hall–Kier alpha value is -2.54. The molecule has 1 aromatic carbocycles. The van der Waals surface area contributed by atoms with E-state index in [2.05, 4.69) is 5.32 Å². The van der Waals surface area contributed by atoms with Crippen LogP contribution in [0.25, 0.3) is 0 Å². The Labute approximate surface area is 111 Å². The van der Waals surface area contributed by atoms with Crippen LogP contribution in [0.4, 0.5) is 0 Å². The lowest BCUT2D eigenvalue weighted by molar-refractivity contribution is -0.123. The number of nitrogens with zero attached hydrogens (tertiary/aromatic N) is 1. The topological polar surface area (TPSA) is 66.0 Å². The molecule has 0 bridgehead atoms. The highest BCUT2D eigenvalue weighted by Gasteiger charge is 2.17. The van der Waals surface area contributed by atoms with E-state index in [1.165, 1.54) is 0 Å². The lowest BCUT2D eigenvalue weighted by Crippen LogP contribution is -2.30. The molecular formula is C15H14N2O2. The number of benzene rings is 1. The molecule has 0 aliphatic heterocycles. The minimum absolute atomic E-state index is 0.257. The number of hydrogen-bond donors (Lipinski definition) is 1. The zero-order chi connectivity index (χ0) is 13.5. The summed E-state index contributed by atoms with van der Waals surface area (Å²) in [5.74, 6) is -0.929. The number of amides is 1. The van der Waals surface area contributed by atoms with Gasteiger partial charge in [-0.25, -0.2) is 0 Å². The third kappa shape index (κ3) is 3.71. The number of rotatable bonds is 5. The van der Waals surface area contributed by atoms with Gasteiger partial charge in [-0.05, 0) is 18.1 Å². The molecule has 0 spiro atoms. The second kappa shape index (κ2) is 6.41. The predicted molar refractivity (Wildman–Crippen MR) is 69.8 cm³/mol. The monoisotopic (exact) mass is 254 g/mol. The number of hydrogen-bond acceptors (Lipinski definition) is 3. The van der Waals surface area contributed by atoms with Crippen LogP contribution in [-0.2, 0) is 17.8 Å². The Kier molecular flexibility index (Phi) is 4.35. The van der Waals surface area contributed by atoms with Crippen molar-refractivity contribution in [2.24, 2.45) is 5.92 Å². The van der Waals surface area contributed by atoms with Crippen molar-refractivity contribution in [2.45, 2.75) is 13.0 Å². The lowest BCUT2D eigenvalue weighted by Gasteiger charge is -2.09. The predicted octanol–water partition coefficient (Wildman–Crippen LogP) is 2.28. The molecule has 4 nitrogen and oxygen atoms in total. The number of furan rings is 1. The molecule has 1 unspecified atom stereocenters. The second-order valence-electron chi connectivity index (χ2n) is 4.22. The highest BCUT2D eigenvalue weighted by molar-refractivity contribution is 5.81. The minimum atomic E-state index is -0.672. The van der Waals surface area contributed by atoms with E-state index < -0.39 is 5.92 Å². The van der Waals surface area contributed by atoms with Gasteiger partial charge in [0.05, 0.1) is 18.6 Å². The Morgan fingerprint density at radius 1 is 1.26 bits per heavy atom. The largest absolute Gasteiger partial charge is 0.472 e. The van der Waals surface area contributed by atoms with E-state index in [1.54, 1.807) is 18.6 Å². The van der Waals surface area contributed by atoms with Crippen molar-refractivity contribution >= 4 is 5.91 Å². The summed E-state index contributed by atoms with van der Waals surface area (Å²) in [6, 6.07) is 13.3. The molecule has 0 saturated heterocycles. The third-order valence-corrected chi connectivity index (χ3v) is 2.80. The molecule has 1 heterocycles. The van der Waals surface area contributed by atoms with E-state index >= 15 is 0 Å². The normalized spacial score (nSPS) is 11.5. The Bertz CT molecular complexity index is 556. The quantitative estimate of drug-likeness (QED) is 0.890. The maximum Gasteiger partial charge on any atom is 0.237 e. The summed E-state index contributed by atoms with van der Waals surface area (Å²) in [5.41, 5.74) is 1.86. The Balaban J connectivity index is 1.90. The van der Waals surface area contributed by atoms with Gasteiger partial charge in [-0.2, -0.15) is 5.26 Å². The van der Waals surface area contributed by atoms with Crippen LogP contribution in [0.2, 0.25) is 0 Å². The van der Waals surface area contributed by atoms with Gasteiger partial charge in [-0.3, -0.25) is 4.79 Å². The molecule has 1 amide bonds. The fourth-order valence-electron chi connectivity index (χ4n) is 1.75. The van der Waals surface area contributed by atoms with Gasteiger partial charge in [-0.1, -0.05) is 30.3 Å². The molecule has 1 aromatic heterocycles. The summed E-state index contributed by atoms with van der Waals surface area (Å²) in [4.78, 5) is 11.9. The van der Waals surface area contributed by atoms with Gasteiger partial charge in [0.15, 0.2) is 0 Å². The van der Waals surface area contributed by atoms with Crippen molar-refractivity contribution in [3.05, 3.63) is 60.1 Å². The highest BCUT2D eigenvalue weighted by Crippen LogP contribution is 2.09. The first-order valence-corrected chi connectivity index (χ1v) is 6.02. The number of nitrogens with one attached hydrogen (secondary N) is 1. The third-order valence-electron chi connectivity index (χ3n) is 2.80. The van der Waals surface area contributed by atoms with Crippen molar-refractivity contribution in [3.8, 4) is 6.07 Å². The molecule has 2 rings (SSSR count). The standard InChI is InChI=1S/C15H14N2O2/c16-9-14(8-12-4-2-1-3-5-12)15(18)17-10-13-6-7-19-11-13/h1-7,11,14H,8,10H2,(H,17,18). The molecule has 0 saturated carbocycles.